The molecule has 0 bridgehead atoms. The molecule has 3 aromatic rings. The van der Waals surface area contributed by atoms with Gasteiger partial charge in [0.15, 0.2) is 6.29 Å². The Balaban J connectivity index is 0.000000209. The molecule has 1 heterocycles. The Bertz CT molecular complexity index is 1020. The zero-order chi connectivity index (χ0) is 20.8. The van der Waals surface area contributed by atoms with Gasteiger partial charge in [-0.1, -0.05) is 0 Å². The lowest BCUT2D eigenvalue weighted by Gasteiger charge is -2.03. The molecule has 3 rings (SSSR count). The average molecular weight is 534 g/mol. The number of hydrogen-bond acceptors (Lipinski definition) is 6. The predicted octanol–water partition coefficient (Wildman–Crippen LogP) is 5.87. The van der Waals surface area contributed by atoms with Crippen molar-refractivity contribution in [3.8, 4) is 11.5 Å². The number of thiophene rings is 1. The van der Waals surface area contributed by atoms with Gasteiger partial charge < -0.3 is 14.2 Å². The van der Waals surface area contributed by atoms with Crippen LogP contribution in [-0.2, 0) is 4.74 Å². The van der Waals surface area contributed by atoms with Crippen LogP contribution in [0.4, 0.5) is 4.39 Å². The summed E-state index contributed by atoms with van der Waals surface area (Å²) in [6.07, 6.45) is 0.449. The molecule has 0 aliphatic carbocycles. The lowest BCUT2D eigenvalue weighted by molar-refractivity contribution is 0.0606. The minimum Gasteiger partial charge on any atom is -0.496 e. The summed E-state index contributed by atoms with van der Waals surface area (Å²) in [4.78, 5) is 22.3. The zero-order valence-electron chi connectivity index (χ0n) is 15.0. The number of halogens is 3. The summed E-state index contributed by atoms with van der Waals surface area (Å²) in [6.45, 7) is 0. The second-order valence-corrected chi connectivity index (χ2v) is 8.05. The molecule has 9 heteroatoms. The Morgan fingerprint density at radius 1 is 1.00 bits per heavy atom. The van der Waals surface area contributed by atoms with Crippen LogP contribution in [0.1, 0.15) is 20.0 Å². The number of rotatable bonds is 4. The first kappa shape index (κ1) is 22.3. The summed E-state index contributed by atoms with van der Waals surface area (Å²) < 4.78 is 30.0. The number of carbonyl (C=O) groups is 2. The van der Waals surface area contributed by atoms with Gasteiger partial charge in [-0.3, -0.25) is 4.79 Å². The van der Waals surface area contributed by atoms with Crippen LogP contribution in [0.25, 0.3) is 10.1 Å². The molecule has 0 N–H and O–H groups in total. The lowest BCUT2D eigenvalue weighted by Crippen LogP contribution is -1.96. The van der Waals surface area contributed by atoms with Crippen molar-refractivity contribution in [1.82, 2.24) is 0 Å². The highest BCUT2D eigenvalue weighted by Crippen LogP contribution is 2.35. The largest absolute Gasteiger partial charge is 0.496 e. The maximum atomic E-state index is 12.9. The van der Waals surface area contributed by atoms with Crippen LogP contribution >= 0.6 is 43.2 Å². The second-order valence-electron chi connectivity index (χ2n) is 5.25. The van der Waals surface area contributed by atoms with E-state index in [0.29, 0.717) is 21.4 Å². The van der Waals surface area contributed by atoms with Gasteiger partial charge in [-0.15, -0.1) is 11.3 Å². The van der Waals surface area contributed by atoms with Crippen molar-refractivity contribution in [2.75, 3.05) is 21.3 Å². The number of esters is 1. The van der Waals surface area contributed by atoms with Crippen molar-refractivity contribution < 1.29 is 28.2 Å². The molecule has 0 fully saturated rings. The summed E-state index contributed by atoms with van der Waals surface area (Å²) in [6, 6.07) is 8.17. The third-order valence-corrected chi connectivity index (χ3v) is 5.89. The summed E-state index contributed by atoms with van der Waals surface area (Å²) in [5.41, 5.74) is -0.00458. The van der Waals surface area contributed by atoms with E-state index < -0.39 is 5.82 Å². The second kappa shape index (κ2) is 9.99. The van der Waals surface area contributed by atoms with Gasteiger partial charge >= 0.3 is 5.97 Å². The molecule has 148 valence electrons. The highest BCUT2D eigenvalue weighted by atomic mass is 79.9. The molecule has 0 spiro atoms. The van der Waals surface area contributed by atoms with E-state index >= 15 is 0 Å². The van der Waals surface area contributed by atoms with E-state index in [0.717, 1.165) is 20.3 Å². The standard InChI is InChI=1S/C11H9BrO3S.C8H6BrFO2/c1-14-8-3-6-4-10(11(13)15-2)16-9(6)5-7(8)12;1-12-8-2-5(4-11)7(10)3-6(8)9/h3-5H,1-2H3;2-4H,1H3. The third-order valence-electron chi connectivity index (χ3n) is 3.58. The number of aldehydes is 1. The molecule has 0 radical (unpaired) electrons. The molecular weight excluding hydrogens is 519 g/mol. The number of hydrogen-bond donors (Lipinski definition) is 0. The van der Waals surface area contributed by atoms with E-state index in [4.69, 9.17) is 9.47 Å². The zero-order valence-corrected chi connectivity index (χ0v) is 19.0. The van der Waals surface area contributed by atoms with Gasteiger partial charge in [-0.25, -0.2) is 9.18 Å². The van der Waals surface area contributed by atoms with Gasteiger partial charge in [0.2, 0.25) is 0 Å². The number of benzene rings is 2. The molecule has 2 aromatic carbocycles. The highest BCUT2D eigenvalue weighted by molar-refractivity contribution is 9.10. The van der Waals surface area contributed by atoms with Crippen molar-refractivity contribution in [3.63, 3.8) is 0 Å². The van der Waals surface area contributed by atoms with Crippen LogP contribution in [-0.4, -0.2) is 33.6 Å². The predicted molar refractivity (Wildman–Crippen MR) is 113 cm³/mol. The molecule has 0 saturated heterocycles. The quantitative estimate of drug-likeness (QED) is 0.310. The molecular formula is C19H15Br2FO5S. The molecule has 0 saturated carbocycles. The van der Waals surface area contributed by atoms with E-state index in [1.807, 2.05) is 12.1 Å². The molecule has 1 aromatic heterocycles. The fourth-order valence-electron chi connectivity index (χ4n) is 2.19. The van der Waals surface area contributed by atoms with Crippen molar-refractivity contribution in [2.24, 2.45) is 0 Å². The molecule has 5 nitrogen and oxygen atoms in total. The normalized spacial score (nSPS) is 10.1. The molecule has 0 aliphatic heterocycles. The Labute approximate surface area is 181 Å². The van der Waals surface area contributed by atoms with Crippen LogP contribution in [0, 0.1) is 5.82 Å². The van der Waals surface area contributed by atoms with E-state index in [1.54, 1.807) is 13.2 Å². The fraction of sp³-hybridized carbons (Fsp3) is 0.158. The molecule has 0 amide bonds. The van der Waals surface area contributed by atoms with Crippen molar-refractivity contribution in [1.29, 1.82) is 0 Å². The Kier molecular flexibility index (Phi) is 7.97. The lowest BCUT2D eigenvalue weighted by atomic mass is 10.2. The van der Waals surface area contributed by atoms with Gasteiger partial charge in [-0.05, 0) is 67.6 Å². The number of methoxy groups -OCH3 is 3. The maximum absolute atomic E-state index is 12.9. The Morgan fingerprint density at radius 3 is 2.18 bits per heavy atom. The van der Waals surface area contributed by atoms with E-state index in [1.165, 1.54) is 37.7 Å². The highest BCUT2D eigenvalue weighted by Gasteiger charge is 2.12. The monoisotopic (exact) mass is 532 g/mol. The molecule has 0 atom stereocenters. The first-order valence-electron chi connectivity index (χ1n) is 7.68. The number of fused-ring (bicyclic) bond motifs is 1. The first-order chi connectivity index (χ1) is 13.3. The topological polar surface area (TPSA) is 61.8 Å². The summed E-state index contributed by atoms with van der Waals surface area (Å²) in [5, 5.41) is 0.977. The molecule has 0 unspecified atom stereocenters. The molecule has 0 aliphatic rings. The Morgan fingerprint density at radius 2 is 1.61 bits per heavy atom. The van der Waals surface area contributed by atoms with Crippen molar-refractivity contribution in [3.05, 3.63) is 55.5 Å². The van der Waals surface area contributed by atoms with E-state index in [-0.39, 0.29) is 11.5 Å². The Hall–Kier alpha value is -1.97. The number of ether oxygens (including phenoxy) is 3. The van der Waals surface area contributed by atoms with Gasteiger partial charge in [0.1, 0.15) is 22.2 Å². The van der Waals surface area contributed by atoms with E-state index in [2.05, 4.69) is 36.6 Å². The summed E-state index contributed by atoms with van der Waals surface area (Å²) in [7, 11) is 4.44. The average Bonchev–Trinajstić information content (AvgIpc) is 3.10. The van der Waals surface area contributed by atoms with Crippen LogP contribution in [0.5, 0.6) is 11.5 Å². The van der Waals surface area contributed by atoms with Crippen LogP contribution in [0.15, 0.2) is 39.3 Å². The van der Waals surface area contributed by atoms with Crippen LogP contribution in [0.2, 0.25) is 0 Å². The minimum atomic E-state index is -0.558. The van der Waals surface area contributed by atoms with E-state index in [9.17, 15) is 14.0 Å². The summed E-state index contributed by atoms with van der Waals surface area (Å²) in [5.74, 6) is 0.328. The minimum absolute atomic E-state index is 0.00458. The first-order valence-corrected chi connectivity index (χ1v) is 10.1. The fourth-order valence-corrected chi connectivity index (χ4v) is 4.33. The molecule has 28 heavy (non-hydrogen) atoms. The third kappa shape index (κ3) is 5.09. The van der Waals surface area contributed by atoms with Gasteiger partial charge in [0.25, 0.3) is 0 Å². The van der Waals surface area contributed by atoms with Gasteiger partial charge in [0.05, 0.1) is 35.8 Å². The van der Waals surface area contributed by atoms with Crippen LogP contribution < -0.4 is 9.47 Å². The van der Waals surface area contributed by atoms with Gasteiger partial charge in [0, 0.05) is 4.70 Å². The van der Waals surface area contributed by atoms with Crippen LogP contribution in [0.3, 0.4) is 0 Å². The van der Waals surface area contributed by atoms with Gasteiger partial charge in [-0.2, -0.15) is 0 Å². The van der Waals surface area contributed by atoms with Crippen molar-refractivity contribution in [2.45, 2.75) is 0 Å². The smallest absolute Gasteiger partial charge is 0.348 e. The summed E-state index contributed by atoms with van der Waals surface area (Å²) >= 11 is 7.90. The van der Waals surface area contributed by atoms with Crippen molar-refractivity contribution >= 4 is 65.5 Å². The maximum Gasteiger partial charge on any atom is 0.348 e. The number of carbonyl (C=O) groups excluding carboxylic acids is 2. The SMILES string of the molecule is COC(=O)c1cc2cc(OC)c(Br)cc2s1.COc1cc(C=O)c(F)cc1Br.